The number of aromatic amines is 1. The Morgan fingerprint density at radius 1 is 1.23 bits per heavy atom. The van der Waals surface area contributed by atoms with Gasteiger partial charge in [-0.15, -0.1) is 0 Å². The molecule has 1 amide bonds. The molecule has 31 heavy (non-hydrogen) atoms. The maximum Gasteiger partial charge on any atom is 0.272 e. The van der Waals surface area contributed by atoms with Crippen LogP contribution in [0.25, 0.3) is 10.8 Å². The average molecular weight is 418 g/mol. The largest absolute Gasteiger partial charge is 0.492 e. The number of ether oxygens (including phenoxy) is 1. The van der Waals surface area contributed by atoms with E-state index in [2.05, 4.69) is 26.9 Å². The smallest absolute Gasteiger partial charge is 0.272 e. The fourth-order valence-corrected chi connectivity index (χ4v) is 4.57. The average Bonchev–Trinajstić information content (AvgIpc) is 3.28. The molecule has 7 heteroatoms. The summed E-state index contributed by atoms with van der Waals surface area (Å²) < 4.78 is 5.80. The normalized spacial score (nSPS) is 17.9. The summed E-state index contributed by atoms with van der Waals surface area (Å²) in [6.45, 7) is 3.25. The molecule has 2 aliphatic heterocycles. The van der Waals surface area contributed by atoms with Gasteiger partial charge >= 0.3 is 0 Å². The highest BCUT2D eigenvalue weighted by Crippen LogP contribution is 2.32. The molecule has 7 nitrogen and oxygen atoms in total. The van der Waals surface area contributed by atoms with Crippen molar-refractivity contribution < 1.29 is 9.53 Å². The molecule has 1 fully saturated rings. The van der Waals surface area contributed by atoms with Gasteiger partial charge in [-0.25, -0.2) is 5.10 Å². The lowest BCUT2D eigenvalue weighted by Gasteiger charge is -2.23. The molecule has 3 aromatic rings. The van der Waals surface area contributed by atoms with E-state index in [1.165, 1.54) is 0 Å². The number of fused-ring (bicyclic) bond motifs is 2. The highest BCUT2D eigenvalue weighted by atomic mass is 16.5. The summed E-state index contributed by atoms with van der Waals surface area (Å²) in [5, 5.41) is 14.8. The quantitative estimate of drug-likeness (QED) is 0.590. The summed E-state index contributed by atoms with van der Waals surface area (Å²) in [6.07, 6.45) is 3.59. The second-order valence-electron chi connectivity index (χ2n) is 8.37. The maximum absolute atomic E-state index is 13.0. The lowest BCUT2D eigenvalue weighted by Crippen LogP contribution is -2.38. The molecule has 3 N–H and O–H groups in total. The van der Waals surface area contributed by atoms with Crippen LogP contribution >= 0.6 is 0 Å². The minimum Gasteiger partial charge on any atom is -0.492 e. The van der Waals surface area contributed by atoms with Crippen molar-refractivity contribution in [3.8, 4) is 5.75 Å². The Labute approximate surface area is 180 Å². The van der Waals surface area contributed by atoms with Crippen LogP contribution in [0, 0.1) is 5.92 Å². The molecule has 2 aliphatic rings. The molecule has 0 saturated carbocycles. The fraction of sp³-hybridized carbons (Fsp3) is 0.375. The summed E-state index contributed by atoms with van der Waals surface area (Å²) in [6, 6.07) is 11.5. The van der Waals surface area contributed by atoms with E-state index in [9.17, 15) is 9.59 Å². The number of amides is 1. The Hall–Kier alpha value is -3.19. The van der Waals surface area contributed by atoms with E-state index in [1.54, 1.807) is 6.07 Å². The molecule has 2 aromatic carbocycles. The van der Waals surface area contributed by atoms with E-state index in [-0.39, 0.29) is 11.5 Å². The molecule has 1 aromatic heterocycles. The summed E-state index contributed by atoms with van der Waals surface area (Å²) in [7, 11) is 0. The van der Waals surface area contributed by atoms with Gasteiger partial charge in [-0.3, -0.25) is 9.59 Å². The fourth-order valence-electron chi connectivity index (χ4n) is 4.57. The van der Waals surface area contributed by atoms with Gasteiger partial charge in [0.05, 0.1) is 23.3 Å². The van der Waals surface area contributed by atoms with Crippen LogP contribution in [0.4, 0.5) is 0 Å². The van der Waals surface area contributed by atoms with Crippen LogP contribution in [0.2, 0.25) is 0 Å². The number of hydrogen-bond acceptors (Lipinski definition) is 5. The first-order valence-corrected chi connectivity index (χ1v) is 10.9. The van der Waals surface area contributed by atoms with Gasteiger partial charge < -0.3 is 15.4 Å². The van der Waals surface area contributed by atoms with Crippen LogP contribution in [0.3, 0.4) is 0 Å². The molecular formula is C24H26N4O3. The third-order valence-electron chi connectivity index (χ3n) is 6.18. The van der Waals surface area contributed by atoms with Gasteiger partial charge in [0.1, 0.15) is 5.75 Å². The monoisotopic (exact) mass is 418 g/mol. The van der Waals surface area contributed by atoms with Crippen molar-refractivity contribution in [2.45, 2.75) is 25.7 Å². The van der Waals surface area contributed by atoms with E-state index < -0.39 is 0 Å². The van der Waals surface area contributed by atoms with Crippen molar-refractivity contribution in [3.63, 3.8) is 0 Å². The van der Waals surface area contributed by atoms with Crippen LogP contribution in [0.1, 0.15) is 40.0 Å². The van der Waals surface area contributed by atoms with Gasteiger partial charge in [-0.05, 0) is 55.1 Å². The lowest BCUT2D eigenvalue weighted by atomic mass is 9.97. The number of piperidine rings is 1. The van der Waals surface area contributed by atoms with E-state index in [0.717, 1.165) is 54.6 Å². The van der Waals surface area contributed by atoms with Crippen LogP contribution in [0.5, 0.6) is 5.75 Å². The van der Waals surface area contributed by atoms with Gasteiger partial charge in [-0.2, -0.15) is 5.10 Å². The lowest BCUT2D eigenvalue weighted by molar-refractivity contribution is 0.0941. The second kappa shape index (κ2) is 8.51. The molecule has 1 unspecified atom stereocenters. The Morgan fingerprint density at radius 2 is 2.10 bits per heavy atom. The molecule has 0 radical (unpaired) electrons. The topological polar surface area (TPSA) is 96.1 Å². The van der Waals surface area contributed by atoms with Crippen molar-refractivity contribution in [1.82, 2.24) is 20.8 Å². The van der Waals surface area contributed by atoms with Crippen LogP contribution in [-0.4, -0.2) is 42.3 Å². The number of nitrogens with one attached hydrogen (secondary N) is 3. The summed E-state index contributed by atoms with van der Waals surface area (Å²) >= 11 is 0. The summed E-state index contributed by atoms with van der Waals surface area (Å²) in [5.74, 6) is 1.07. The number of H-pyrrole nitrogens is 1. The predicted octanol–water partition coefficient (Wildman–Crippen LogP) is 2.18. The molecule has 0 spiro atoms. The summed E-state index contributed by atoms with van der Waals surface area (Å²) in [4.78, 5) is 25.1. The van der Waals surface area contributed by atoms with Gasteiger partial charge in [-0.1, -0.05) is 24.3 Å². The predicted molar refractivity (Wildman–Crippen MR) is 119 cm³/mol. The number of aromatic nitrogens is 2. The number of benzene rings is 2. The number of hydrogen-bond donors (Lipinski definition) is 3. The molecule has 0 aliphatic carbocycles. The zero-order chi connectivity index (χ0) is 21.2. The Morgan fingerprint density at radius 3 is 2.94 bits per heavy atom. The van der Waals surface area contributed by atoms with E-state index >= 15 is 0 Å². The Balaban J connectivity index is 1.42. The van der Waals surface area contributed by atoms with Gasteiger partial charge in [0.25, 0.3) is 11.5 Å². The number of nitrogens with zero attached hydrogens (tertiary/aromatic N) is 1. The highest BCUT2D eigenvalue weighted by Gasteiger charge is 2.23. The highest BCUT2D eigenvalue weighted by molar-refractivity contribution is 5.98. The van der Waals surface area contributed by atoms with Gasteiger partial charge in [0, 0.05) is 24.8 Å². The van der Waals surface area contributed by atoms with Crippen molar-refractivity contribution in [2.75, 3.05) is 26.2 Å². The third-order valence-corrected chi connectivity index (χ3v) is 6.18. The van der Waals surface area contributed by atoms with Gasteiger partial charge in [0.2, 0.25) is 0 Å². The third kappa shape index (κ3) is 4.05. The first kappa shape index (κ1) is 19.8. The van der Waals surface area contributed by atoms with Crippen molar-refractivity contribution in [3.05, 3.63) is 69.1 Å². The Kier molecular flexibility index (Phi) is 5.42. The molecule has 3 heterocycles. The standard InChI is InChI=1S/C24H26N4O3/c29-23(26-14-15-4-3-8-25-13-15)20-11-16(10-17-7-9-31-22(17)20)12-21-18-5-1-2-6-19(18)24(30)28-27-21/h1-2,5-6,10-11,15,25H,3-4,7-9,12-14H2,(H,26,29)(H,28,30). The second-order valence-corrected chi connectivity index (χ2v) is 8.37. The van der Waals surface area contributed by atoms with Crippen molar-refractivity contribution >= 4 is 16.7 Å². The number of carbonyl (C=O) groups excluding carboxylic acids is 1. The van der Waals surface area contributed by atoms with Crippen molar-refractivity contribution in [2.24, 2.45) is 5.92 Å². The number of rotatable bonds is 5. The maximum atomic E-state index is 13.0. The van der Waals surface area contributed by atoms with Gasteiger partial charge in [0.15, 0.2) is 0 Å². The first-order chi connectivity index (χ1) is 15.2. The van der Waals surface area contributed by atoms with E-state index in [0.29, 0.717) is 42.2 Å². The molecule has 5 rings (SSSR count). The number of carbonyl (C=O) groups is 1. The molecule has 0 bridgehead atoms. The molecule has 1 atom stereocenters. The molecule has 1 saturated heterocycles. The Bertz CT molecular complexity index is 1180. The molecule has 160 valence electrons. The van der Waals surface area contributed by atoms with Crippen LogP contribution in [-0.2, 0) is 12.8 Å². The zero-order valence-corrected chi connectivity index (χ0v) is 17.4. The zero-order valence-electron chi connectivity index (χ0n) is 17.4. The first-order valence-electron chi connectivity index (χ1n) is 10.9. The minimum absolute atomic E-state index is 0.0927. The van der Waals surface area contributed by atoms with E-state index in [4.69, 9.17) is 4.74 Å². The van der Waals surface area contributed by atoms with E-state index in [1.807, 2.05) is 24.3 Å². The van der Waals surface area contributed by atoms with Crippen LogP contribution in [0.15, 0.2) is 41.2 Å². The van der Waals surface area contributed by atoms with Crippen molar-refractivity contribution in [1.29, 1.82) is 0 Å². The SMILES string of the molecule is O=C(NCC1CCCNC1)c1cc(Cc2n[nH]c(=O)c3ccccc23)cc2c1OCC2. The van der Waals surface area contributed by atoms with Crippen LogP contribution < -0.4 is 20.9 Å². The molecular weight excluding hydrogens is 392 g/mol. The summed E-state index contributed by atoms with van der Waals surface area (Å²) in [5.41, 5.74) is 3.21. The minimum atomic E-state index is -0.195.